The fraction of sp³-hybridized carbons (Fsp3) is 0.111. The molecule has 0 unspecified atom stereocenters. The van der Waals surface area contributed by atoms with Crippen molar-refractivity contribution in [3.63, 3.8) is 0 Å². The van der Waals surface area contributed by atoms with Crippen molar-refractivity contribution in [3.05, 3.63) is 59.3 Å². The van der Waals surface area contributed by atoms with Crippen LogP contribution in [0.3, 0.4) is 0 Å². The van der Waals surface area contributed by atoms with Gasteiger partial charge in [-0.1, -0.05) is 6.07 Å². The van der Waals surface area contributed by atoms with Gasteiger partial charge in [-0.3, -0.25) is 4.79 Å². The molecule has 1 amide bonds. The minimum absolute atomic E-state index is 0.00559. The molecule has 0 spiro atoms. The van der Waals surface area contributed by atoms with E-state index < -0.39 is 11.9 Å². The summed E-state index contributed by atoms with van der Waals surface area (Å²) in [5.74, 6) is -0.431. The van der Waals surface area contributed by atoms with Crippen LogP contribution in [-0.4, -0.2) is 16.9 Å². The largest absolute Gasteiger partial charge is 0.455 e. The normalized spacial score (nSPS) is 10.1. The van der Waals surface area contributed by atoms with Crippen LogP contribution in [0.4, 0.5) is 5.69 Å². The molecule has 0 saturated carbocycles. The average Bonchev–Trinajstić information content (AvgIpc) is 3.32. The molecular weight excluding hydrogens is 354 g/mol. The summed E-state index contributed by atoms with van der Waals surface area (Å²) in [6, 6.07) is 11.7. The fourth-order valence-corrected chi connectivity index (χ4v) is 2.73. The standard InChI is InChI=1S/C18H13N3O4S/c19-8-7-16(22)20-13-5-3-12(4-6-13)18(23)25-11-14-10-24-17(21-14)15-2-1-9-26-15/h1-6,9-10H,7,11H2,(H,20,22). The molecule has 7 nitrogen and oxygen atoms in total. The number of nitrogens with zero attached hydrogens (tertiary/aromatic N) is 2. The summed E-state index contributed by atoms with van der Waals surface area (Å²) in [6.45, 7) is -0.00559. The maximum absolute atomic E-state index is 12.1. The average molecular weight is 367 g/mol. The molecule has 0 radical (unpaired) electrons. The molecule has 0 aliphatic heterocycles. The van der Waals surface area contributed by atoms with Crippen molar-refractivity contribution >= 4 is 28.9 Å². The van der Waals surface area contributed by atoms with Gasteiger partial charge in [-0.25, -0.2) is 9.78 Å². The second-order valence-corrected chi connectivity index (χ2v) is 6.11. The van der Waals surface area contributed by atoms with Crippen LogP contribution >= 0.6 is 11.3 Å². The first-order chi connectivity index (χ1) is 12.7. The van der Waals surface area contributed by atoms with Crippen molar-refractivity contribution in [2.24, 2.45) is 0 Å². The first-order valence-corrected chi connectivity index (χ1v) is 8.46. The van der Waals surface area contributed by atoms with Crippen LogP contribution in [0.15, 0.2) is 52.5 Å². The second-order valence-electron chi connectivity index (χ2n) is 5.16. The third-order valence-corrected chi connectivity index (χ3v) is 4.14. The van der Waals surface area contributed by atoms with E-state index in [4.69, 9.17) is 14.4 Å². The molecule has 0 saturated heterocycles. The summed E-state index contributed by atoms with van der Waals surface area (Å²) in [5, 5.41) is 12.9. The van der Waals surface area contributed by atoms with E-state index in [1.54, 1.807) is 18.2 Å². The van der Waals surface area contributed by atoms with Gasteiger partial charge in [0.1, 0.15) is 25.0 Å². The van der Waals surface area contributed by atoms with Gasteiger partial charge in [-0.15, -0.1) is 11.3 Å². The van der Waals surface area contributed by atoms with Crippen LogP contribution in [0.2, 0.25) is 0 Å². The SMILES string of the molecule is N#CCC(=O)Nc1ccc(C(=O)OCc2coc(-c3cccs3)n2)cc1. The molecular formula is C18H13N3O4S. The summed E-state index contributed by atoms with van der Waals surface area (Å²) in [7, 11) is 0. The molecule has 0 fully saturated rings. The maximum Gasteiger partial charge on any atom is 0.338 e. The Balaban J connectivity index is 1.55. The molecule has 0 bridgehead atoms. The van der Waals surface area contributed by atoms with Gasteiger partial charge < -0.3 is 14.5 Å². The Bertz CT molecular complexity index is 940. The van der Waals surface area contributed by atoms with Gasteiger partial charge in [-0.2, -0.15) is 5.26 Å². The lowest BCUT2D eigenvalue weighted by molar-refractivity contribution is -0.115. The Morgan fingerprint density at radius 3 is 2.77 bits per heavy atom. The molecule has 0 aliphatic carbocycles. The highest BCUT2D eigenvalue weighted by molar-refractivity contribution is 7.13. The number of hydrogen-bond donors (Lipinski definition) is 1. The molecule has 26 heavy (non-hydrogen) atoms. The van der Waals surface area contributed by atoms with Gasteiger partial charge in [0.25, 0.3) is 0 Å². The van der Waals surface area contributed by atoms with Crippen molar-refractivity contribution in [1.29, 1.82) is 5.26 Å². The number of nitrogens with one attached hydrogen (secondary N) is 1. The molecule has 1 N–H and O–H groups in total. The van der Waals surface area contributed by atoms with E-state index in [0.29, 0.717) is 22.8 Å². The number of benzene rings is 1. The Morgan fingerprint density at radius 2 is 2.08 bits per heavy atom. The summed E-state index contributed by atoms with van der Waals surface area (Å²) in [4.78, 5) is 28.6. The van der Waals surface area contributed by atoms with Gasteiger partial charge in [0.2, 0.25) is 11.8 Å². The highest BCUT2D eigenvalue weighted by Gasteiger charge is 2.12. The molecule has 1 aromatic carbocycles. The lowest BCUT2D eigenvalue weighted by atomic mass is 10.2. The smallest absolute Gasteiger partial charge is 0.338 e. The van der Waals surface area contributed by atoms with Crippen LogP contribution < -0.4 is 5.32 Å². The van der Waals surface area contributed by atoms with Crippen molar-refractivity contribution < 1.29 is 18.7 Å². The Morgan fingerprint density at radius 1 is 1.27 bits per heavy atom. The molecule has 3 rings (SSSR count). The summed E-state index contributed by atoms with van der Waals surface area (Å²) >= 11 is 1.51. The zero-order valence-electron chi connectivity index (χ0n) is 13.5. The first kappa shape index (κ1) is 17.4. The lowest BCUT2D eigenvalue weighted by Crippen LogP contribution is -2.10. The molecule has 0 atom stereocenters. The maximum atomic E-state index is 12.1. The number of carbonyl (C=O) groups is 2. The number of rotatable bonds is 6. The van der Waals surface area contributed by atoms with Crippen LogP contribution in [-0.2, 0) is 16.1 Å². The number of ether oxygens (including phenoxy) is 1. The number of nitriles is 1. The van der Waals surface area contributed by atoms with Gasteiger partial charge in [0.05, 0.1) is 16.5 Å². The molecule has 130 valence electrons. The van der Waals surface area contributed by atoms with E-state index >= 15 is 0 Å². The number of thiophene rings is 1. The zero-order chi connectivity index (χ0) is 18.4. The highest BCUT2D eigenvalue weighted by atomic mass is 32.1. The van der Waals surface area contributed by atoms with Gasteiger partial charge in [-0.05, 0) is 35.7 Å². The lowest BCUT2D eigenvalue weighted by Gasteiger charge is -2.05. The Hall–Kier alpha value is -3.44. The predicted octanol–water partition coefficient (Wildman–Crippen LogP) is 3.61. The van der Waals surface area contributed by atoms with E-state index in [1.165, 1.54) is 29.7 Å². The topological polar surface area (TPSA) is 105 Å². The van der Waals surface area contributed by atoms with Gasteiger partial charge in [0, 0.05) is 5.69 Å². The van der Waals surface area contributed by atoms with Gasteiger partial charge >= 0.3 is 5.97 Å². The van der Waals surface area contributed by atoms with Crippen LogP contribution in [0.5, 0.6) is 0 Å². The van der Waals surface area contributed by atoms with E-state index in [-0.39, 0.29) is 13.0 Å². The number of esters is 1. The monoisotopic (exact) mass is 367 g/mol. The first-order valence-electron chi connectivity index (χ1n) is 7.58. The number of carbonyl (C=O) groups excluding carboxylic acids is 2. The summed E-state index contributed by atoms with van der Waals surface area (Å²) in [6.07, 6.45) is 1.23. The minimum Gasteiger partial charge on any atom is -0.455 e. The van der Waals surface area contributed by atoms with Crippen molar-refractivity contribution in [1.82, 2.24) is 4.98 Å². The summed E-state index contributed by atoms with van der Waals surface area (Å²) < 4.78 is 10.6. The third kappa shape index (κ3) is 4.34. The Kier molecular flexibility index (Phi) is 5.41. The third-order valence-electron chi connectivity index (χ3n) is 3.28. The molecule has 2 heterocycles. The van der Waals surface area contributed by atoms with E-state index in [9.17, 15) is 9.59 Å². The van der Waals surface area contributed by atoms with Crippen molar-refractivity contribution in [2.45, 2.75) is 13.0 Å². The second kappa shape index (κ2) is 8.09. The quantitative estimate of drug-likeness (QED) is 0.667. The van der Waals surface area contributed by atoms with E-state index in [1.807, 2.05) is 17.5 Å². The summed E-state index contributed by atoms with van der Waals surface area (Å²) in [5.41, 5.74) is 1.35. The van der Waals surface area contributed by atoms with Crippen LogP contribution in [0, 0.1) is 11.3 Å². The molecule has 0 aliphatic rings. The fourth-order valence-electron chi connectivity index (χ4n) is 2.08. The molecule has 3 aromatic rings. The van der Waals surface area contributed by atoms with Crippen LogP contribution in [0.25, 0.3) is 10.8 Å². The number of oxazole rings is 1. The number of hydrogen-bond acceptors (Lipinski definition) is 7. The van der Waals surface area contributed by atoms with E-state index in [0.717, 1.165) is 4.88 Å². The number of anilines is 1. The van der Waals surface area contributed by atoms with Crippen LogP contribution in [0.1, 0.15) is 22.5 Å². The number of amides is 1. The Labute approximate surface area is 152 Å². The molecule has 8 heteroatoms. The van der Waals surface area contributed by atoms with Gasteiger partial charge in [0.15, 0.2) is 0 Å². The molecule has 2 aromatic heterocycles. The highest BCUT2D eigenvalue weighted by Crippen LogP contribution is 2.23. The van der Waals surface area contributed by atoms with Crippen molar-refractivity contribution in [3.8, 4) is 16.8 Å². The van der Waals surface area contributed by atoms with Crippen molar-refractivity contribution in [2.75, 3.05) is 5.32 Å². The zero-order valence-corrected chi connectivity index (χ0v) is 14.3. The minimum atomic E-state index is -0.513. The number of aromatic nitrogens is 1. The predicted molar refractivity (Wildman–Crippen MR) is 94.2 cm³/mol. The van der Waals surface area contributed by atoms with E-state index in [2.05, 4.69) is 10.3 Å².